The highest BCUT2D eigenvalue weighted by Crippen LogP contribution is 2.24. The fraction of sp³-hybridized carbons (Fsp3) is 0.357. The second-order valence-electron chi connectivity index (χ2n) is 4.64. The topological polar surface area (TPSA) is 38.9 Å². The number of aryl methyl sites for hydroxylation is 1. The number of fused-ring (bicyclic) bond motifs is 1. The van der Waals surface area contributed by atoms with Crippen LogP contribution in [-0.2, 0) is 6.42 Å². The number of aromatic nitrogens is 1. The largest absolute Gasteiger partial charge is 0.330 e. The normalized spacial score (nSPS) is 12.9. The van der Waals surface area contributed by atoms with Gasteiger partial charge in [0.1, 0.15) is 0 Å². The molecule has 0 bridgehead atoms. The second-order valence-corrected chi connectivity index (χ2v) is 5.05. The molecule has 0 fully saturated rings. The lowest BCUT2D eigenvalue weighted by Gasteiger charge is -2.10. The standard InChI is InChI=1S/C14H17ClN2/c1-9(8-16)5-11-3-4-14-12(7-11)13(15)6-10(2)17-14/h3-4,6-7,9H,5,8,16H2,1-2H3. The van der Waals surface area contributed by atoms with Crippen LogP contribution >= 0.6 is 11.6 Å². The number of rotatable bonds is 3. The van der Waals surface area contributed by atoms with Crippen molar-refractivity contribution >= 4 is 22.5 Å². The number of nitrogens with zero attached hydrogens (tertiary/aromatic N) is 1. The summed E-state index contributed by atoms with van der Waals surface area (Å²) in [6.07, 6.45) is 0.983. The van der Waals surface area contributed by atoms with Gasteiger partial charge in [0.05, 0.1) is 10.5 Å². The molecule has 2 N–H and O–H groups in total. The molecule has 90 valence electrons. The van der Waals surface area contributed by atoms with Gasteiger partial charge in [0, 0.05) is 11.1 Å². The van der Waals surface area contributed by atoms with E-state index in [4.69, 9.17) is 17.3 Å². The summed E-state index contributed by atoms with van der Waals surface area (Å²) in [5.41, 5.74) is 8.82. The molecular weight excluding hydrogens is 232 g/mol. The maximum atomic E-state index is 6.24. The van der Waals surface area contributed by atoms with Gasteiger partial charge in [0.2, 0.25) is 0 Å². The molecule has 0 aliphatic heterocycles. The SMILES string of the molecule is Cc1cc(Cl)c2cc(CC(C)CN)ccc2n1. The Labute approximate surface area is 107 Å². The molecule has 2 rings (SSSR count). The lowest BCUT2D eigenvalue weighted by Crippen LogP contribution is -2.13. The van der Waals surface area contributed by atoms with Gasteiger partial charge in [-0.15, -0.1) is 0 Å². The van der Waals surface area contributed by atoms with Crippen LogP contribution < -0.4 is 5.73 Å². The summed E-state index contributed by atoms with van der Waals surface area (Å²) >= 11 is 6.24. The molecule has 0 radical (unpaired) electrons. The molecule has 0 amide bonds. The molecule has 2 aromatic rings. The van der Waals surface area contributed by atoms with E-state index in [9.17, 15) is 0 Å². The number of nitrogens with two attached hydrogens (primary N) is 1. The minimum absolute atomic E-state index is 0.490. The van der Waals surface area contributed by atoms with Crippen LogP contribution in [-0.4, -0.2) is 11.5 Å². The summed E-state index contributed by atoms with van der Waals surface area (Å²) in [4.78, 5) is 4.47. The average Bonchev–Trinajstić information content (AvgIpc) is 2.29. The third-order valence-electron chi connectivity index (χ3n) is 2.94. The maximum absolute atomic E-state index is 6.24. The van der Waals surface area contributed by atoms with Gasteiger partial charge in [-0.05, 0) is 49.6 Å². The zero-order valence-electron chi connectivity index (χ0n) is 10.2. The van der Waals surface area contributed by atoms with E-state index in [0.29, 0.717) is 12.5 Å². The number of pyridine rings is 1. The van der Waals surface area contributed by atoms with Crippen LogP contribution in [0.3, 0.4) is 0 Å². The van der Waals surface area contributed by atoms with Crippen molar-refractivity contribution in [2.24, 2.45) is 11.7 Å². The van der Waals surface area contributed by atoms with Gasteiger partial charge in [0.15, 0.2) is 0 Å². The van der Waals surface area contributed by atoms with Gasteiger partial charge in [-0.2, -0.15) is 0 Å². The smallest absolute Gasteiger partial charge is 0.0720 e. The molecule has 17 heavy (non-hydrogen) atoms. The quantitative estimate of drug-likeness (QED) is 0.905. The number of halogens is 1. The van der Waals surface area contributed by atoms with Crippen LogP contribution in [0.15, 0.2) is 24.3 Å². The molecule has 3 heteroatoms. The maximum Gasteiger partial charge on any atom is 0.0720 e. The van der Waals surface area contributed by atoms with Crippen molar-refractivity contribution in [3.8, 4) is 0 Å². The number of hydrogen-bond donors (Lipinski definition) is 1. The van der Waals surface area contributed by atoms with Crippen LogP contribution in [0.5, 0.6) is 0 Å². The first-order valence-electron chi connectivity index (χ1n) is 5.86. The van der Waals surface area contributed by atoms with E-state index in [-0.39, 0.29) is 0 Å². The van der Waals surface area contributed by atoms with E-state index >= 15 is 0 Å². The first-order valence-corrected chi connectivity index (χ1v) is 6.24. The van der Waals surface area contributed by atoms with Gasteiger partial charge in [0.25, 0.3) is 0 Å². The summed E-state index contributed by atoms with van der Waals surface area (Å²) in [6, 6.07) is 8.17. The van der Waals surface area contributed by atoms with Crippen LogP contribution in [0.25, 0.3) is 10.9 Å². The summed E-state index contributed by atoms with van der Waals surface area (Å²) in [7, 11) is 0. The van der Waals surface area contributed by atoms with Crippen molar-refractivity contribution in [3.05, 3.63) is 40.5 Å². The van der Waals surface area contributed by atoms with Gasteiger partial charge in [-0.25, -0.2) is 0 Å². The van der Waals surface area contributed by atoms with Crippen molar-refractivity contribution in [3.63, 3.8) is 0 Å². The van der Waals surface area contributed by atoms with Crippen LogP contribution in [0.1, 0.15) is 18.2 Å². The minimum atomic E-state index is 0.490. The highest BCUT2D eigenvalue weighted by Gasteiger charge is 2.06. The Hall–Kier alpha value is -1.12. The van der Waals surface area contributed by atoms with E-state index in [0.717, 1.165) is 28.0 Å². The van der Waals surface area contributed by atoms with Gasteiger partial charge in [-0.1, -0.05) is 24.6 Å². The molecule has 0 aliphatic carbocycles. The Morgan fingerprint density at radius 2 is 2.12 bits per heavy atom. The molecule has 0 saturated carbocycles. The molecule has 1 aromatic heterocycles. The van der Waals surface area contributed by atoms with Gasteiger partial charge < -0.3 is 5.73 Å². The van der Waals surface area contributed by atoms with E-state index in [1.54, 1.807) is 0 Å². The molecule has 1 heterocycles. The first kappa shape index (κ1) is 12.3. The number of hydrogen-bond acceptors (Lipinski definition) is 2. The monoisotopic (exact) mass is 248 g/mol. The predicted molar refractivity (Wildman–Crippen MR) is 73.4 cm³/mol. The molecule has 1 aromatic carbocycles. The lowest BCUT2D eigenvalue weighted by molar-refractivity contribution is 0.593. The van der Waals surface area contributed by atoms with E-state index in [2.05, 4.69) is 24.0 Å². The van der Waals surface area contributed by atoms with Crippen LogP contribution in [0, 0.1) is 12.8 Å². The Bertz CT molecular complexity index is 537. The third-order valence-corrected chi connectivity index (χ3v) is 3.25. The summed E-state index contributed by atoms with van der Waals surface area (Å²) in [5, 5.41) is 1.80. The first-order chi connectivity index (χ1) is 8.10. The molecule has 0 saturated heterocycles. The van der Waals surface area contributed by atoms with Crippen LogP contribution in [0.4, 0.5) is 0 Å². The molecule has 0 spiro atoms. The highest BCUT2D eigenvalue weighted by molar-refractivity contribution is 6.35. The van der Waals surface area contributed by atoms with E-state index in [1.807, 2.05) is 19.1 Å². The predicted octanol–water partition coefficient (Wildman–Crippen LogP) is 3.33. The van der Waals surface area contributed by atoms with Crippen molar-refractivity contribution < 1.29 is 0 Å². The van der Waals surface area contributed by atoms with Crippen molar-refractivity contribution in [1.29, 1.82) is 0 Å². The van der Waals surface area contributed by atoms with Gasteiger partial charge in [-0.3, -0.25) is 4.98 Å². The molecular formula is C14H17ClN2. The molecule has 1 unspecified atom stereocenters. The molecule has 2 nitrogen and oxygen atoms in total. The zero-order chi connectivity index (χ0) is 12.4. The van der Waals surface area contributed by atoms with Crippen molar-refractivity contribution in [2.75, 3.05) is 6.54 Å². The van der Waals surface area contributed by atoms with Crippen molar-refractivity contribution in [2.45, 2.75) is 20.3 Å². The highest BCUT2D eigenvalue weighted by atomic mass is 35.5. The second kappa shape index (κ2) is 5.03. The minimum Gasteiger partial charge on any atom is -0.330 e. The van der Waals surface area contributed by atoms with E-state index in [1.165, 1.54) is 5.56 Å². The summed E-state index contributed by atoms with van der Waals surface area (Å²) in [6.45, 7) is 4.81. The lowest BCUT2D eigenvalue weighted by atomic mass is 10.00. The Morgan fingerprint density at radius 3 is 2.82 bits per heavy atom. The molecule has 1 atom stereocenters. The average molecular weight is 249 g/mol. The zero-order valence-corrected chi connectivity index (χ0v) is 11.0. The third kappa shape index (κ3) is 2.76. The van der Waals surface area contributed by atoms with E-state index < -0.39 is 0 Å². The van der Waals surface area contributed by atoms with Crippen LogP contribution in [0.2, 0.25) is 5.02 Å². The summed E-state index contributed by atoms with van der Waals surface area (Å²) < 4.78 is 0. The molecule has 0 aliphatic rings. The Balaban J connectivity index is 2.43. The number of benzene rings is 1. The Morgan fingerprint density at radius 1 is 1.35 bits per heavy atom. The van der Waals surface area contributed by atoms with Gasteiger partial charge >= 0.3 is 0 Å². The van der Waals surface area contributed by atoms with Crippen molar-refractivity contribution in [1.82, 2.24) is 4.98 Å². The summed E-state index contributed by atoms with van der Waals surface area (Å²) in [5.74, 6) is 0.490. The Kier molecular flexibility index (Phi) is 3.65. The fourth-order valence-corrected chi connectivity index (χ4v) is 2.28. The fourth-order valence-electron chi connectivity index (χ4n) is 1.97.